The molecule has 0 saturated heterocycles. The first-order chi connectivity index (χ1) is 7.13. The van der Waals surface area contributed by atoms with Gasteiger partial charge in [-0.2, -0.15) is 0 Å². The Kier molecular flexibility index (Phi) is 3.91. The molecule has 5 heteroatoms. The summed E-state index contributed by atoms with van der Waals surface area (Å²) in [5, 5.41) is 14.7. The summed E-state index contributed by atoms with van der Waals surface area (Å²) in [5.74, 6) is 0. The maximum absolute atomic E-state index is 11.0. The fourth-order valence-corrected chi connectivity index (χ4v) is 1.02. The van der Waals surface area contributed by atoms with E-state index in [2.05, 4.69) is 9.84 Å². The van der Waals surface area contributed by atoms with E-state index < -0.39 is 6.08 Å². The third-order valence-electron chi connectivity index (χ3n) is 1.78. The van der Waals surface area contributed by atoms with Crippen molar-refractivity contribution in [2.45, 2.75) is 6.92 Å². The molecule has 82 valence electrons. The predicted octanol–water partition coefficient (Wildman–Crippen LogP) is -0.444. The van der Waals surface area contributed by atoms with E-state index in [-0.39, 0.29) is 0 Å². The summed E-state index contributed by atoms with van der Waals surface area (Å²) in [6, 6.07) is 3.73. The van der Waals surface area contributed by atoms with Crippen LogP contribution in [0.15, 0.2) is 29.6 Å². The Morgan fingerprint density at radius 2 is 2.07 bits per heavy atom. The molecule has 1 aromatic heterocycles. The Morgan fingerprint density at radius 1 is 1.47 bits per heavy atom. The molecule has 0 aliphatic carbocycles. The van der Waals surface area contributed by atoms with Gasteiger partial charge in [0.1, 0.15) is 0 Å². The van der Waals surface area contributed by atoms with E-state index in [1.54, 1.807) is 19.3 Å². The molecule has 0 bridgehead atoms. The zero-order chi connectivity index (χ0) is 11.3. The third-order valence-corrected chi connectivity index (χ3v) is 1.78. The van der Waals surface area contributed by atoms with Crippen LogP contribution in [-0.2, 0) is 4.74 Å². The van der Waals surface area contributed by atoms with Crippen LogP contribution in [-0.4, -0.2) is 26.8 Å². The van der Waals surface area contributed by atoms with E-state index in [4.69, 9.17) is 0 Å². The third kappa shape index (κ3) is 3.46. The highest BCUT2D eigenvalue weighted by atomic mass is 16.6. The summed E-state index contributed by atoms with van der Waals surface area (Å²) in [4.78, 5) is 1.97. The van der Waals surface area contributed by atoms with Crippen LogP contribution in [0.3, 0.4) is 0 Å². The average molecular weight is 209 g/mol. The minimum atomic E-state index is -0.583. The van der Waals surface area contributed by atoms with Gasteiger partial charge in [-0.25, -0.2) is 0 Å². The van der Waals surface area contributed by atoms with Crippen LogP contribution >= 0.6 is 0 Å². The van der Waals surface area contributed by atoms with Gasteiger partial charge in [0, 0.05) is 37.0 Å². The quantitative estimate of drug-likeness (QED) is 0.385. The van der Waals surface area contributed by atoms with Crippen LogP contribution in [0.5, 0.6) is 0 Å². The van der Waals surface area contributed by atoms with Crippen LogP contribution in [0.1, 0.15) is 6.92 Å². The number of rotatable bonds is 3. The molecule has 1 heterocycles. The summed E-state index contributed by atoms with van der Waals surface area (Å²) < 4.78 is 6.11. The molecule has 0 radical (unpaired) electrons. The minimum Gasteiger partial charge on any atom is -0.596 e. The van der Waals surface area contributed by atoms with Gasteiger partial charge in [0.05, 0.1) is 0 Å². The lowest BCUT2D eigenvalue weighted by Crippen LogP contribution is -2.34. The highest BCUT2D eigenvalue weighted by Crippen LogP contribution is 2.05. The average Bonchev–Trinajstić information content (AvgIpc) is 2.18. The van der Waals surface area contributed by atoms with Crippen LogP contribution in [0.2, 0.25) is 0 Å². The van der Waals surface area contributed by atoms with Gasteiger partial charge < -0.3 is 14.7 Å². The molecule has 0 saturated carbocycles. The molecule has 0 aromatic carbocycles. The van der Waals surface area contributed by atoms with E-state index in [0.717, 1.165) is 5.69 Å². The molecule has 0 aliphatic rings. The van der Waals surface area contributed by atoms with Gasteiger partial charge in [-0.1, -0.05) is 11.6 Å². The molecule has 0 fully saturated rings. The molecule has 0 spiro atoms. The SMILES string of the molecule is CCO/C([O-])=N/[n+]1ccc(N(C)C)cc1. The van der Waals surface area contributed by atoms with Crippen molar-refractivity contribution in [2.24, 2.45) is 5.10 Å². The number of anilines is 1. The second-order valence-electron chi connectivity index (χ2n) is 3.13. The summed E-state index contributed by atoms with van der Waals surface area (Å²) in [7, 11) is 3.89. The maximum atomic E-state index is 11.0. The molecule has 0 atom stereocenters. The zero-order valence-electron chi connectivity index (χ0n) is 9.17. The van der Waals surface area contributed by atoms with Crippen molar-refractivity contribution in [3.05, 3.63) is 24.5 Å². The van der Waals surface area contributed by atoms with Gasteiger partial charge in [-0.05, 0) is 6.61 Å². The number of nitrogens with zero attached hydrogens (tertiary/aromatic N) is 3. The molecule has 15 heavy (non-hydrogen) atoms. The Bertz CT molecular complexity index is 333. The molecule has 0 aliphatic heterocycles. The Morgan fingerprint density at radius 3 is 2.53 bits per heavy atom. The molecular weight excluding hydrogens is 194 g/mol. The van der Waals surface area contributed by atoms with Crippen LogP contribution < -0.4 is 14.7 Å². The van der Waals surface area contributed by atoms with E-state index >= 15 is 0 Å². The molecule has 5 nitrogen and oxygen atoms in total. The molecule has 0 N–H and O–H groups in total. The van der Waals surface area contributed by atoms with Crippen molar-refractivity contribution in [1.29, 1.82) is 0 Å². The first kappa shape index (κ1) is 11.3. The number of hydrogen-bond acceptors (Lipinski definition) is 4. The Labute approximate surface area is 89.2 Å². The Balaban J connectivity index is 2.76. The molecular formula is C10H15N3O2. The highest BCUT2D eigenvalue weighted by Gasteiger charge is 2.00. The molecule has 0 amide bonds. The lowest BCUT2D eigenvalue weighted by molar-refractivity contribution is -0.682. The molecule has 1 rings (SSSR count). The number of pyridine rings is 1. The topological polar surface area (TPSA) is 51.8 Å². The van der Waals surface area contributed by atoms with Gasteiger partial charge in [0.25, 0.3) is 0 Å². The van der Waals surface area contributed by atoms with E-state index in [1.807, 2.05) is 31.1 Å². The van der Waals surface area contributed by atoms with Gasteiger partial charge >= 0.3 is 0 Å². The van der Waals surface area contributed by atoms with Crippen LogP contribution in [0.25, 0.3) is 0 Å². The number of aromatic nitrogens is 1. The maximum Gasteiger partial charge on any atom is 0.222 e. The summed E-state index contributed by atoms with van der Waals surface area (Å²) >= 11 is 0. The van der Waals surface area contributed by atoms with Crippen LogP contribution in [0.4, 0.5) is 5.69 Å². The monoisotopic (exact) mass is 209 g/mol. The fourth-order valence-electron chi connectivity index (χ4n) is 1.02. The van der Waals surface area contributed by atoms with E-state index in [9.17, 15) is 5.11 Å². The van der Waals surface area contributed by atoms with Gasteiger partial charge in [-0.15, -0.1) is 0 Å². The summed E-state index contributed by atoms with van der Waals surface area (Å²) in [5.41, 5.74) is 1.05. The zero-order valence-corrected chi connectivity index (χ0v) is 9.17. The smallest absolute Gasteiger partial charge is 0.222 e. The predicted molar refractivity (Wildman–Crippen MR) is 55.4 cm³/mol. The first-order valence-corrected chi connectivity index (χ1v) is 4.71. The first-order valence-electron chi connectivity index (χ1n) is 4.71. The summed E-state index contributed by atoms with van der Waals surface area (Å²) in [6.07, 6.45) is 2.82. The van der Waals surface area contributed by atoms with Crippen molar-refractivity contribution in [1.82, 2.24) is 0 Å². The summed E-state index contributed by atoms with van der Waals surface area (Å²) in [6.45, 7) is 2.08. The van der Waals surface area contributed by atoms with Crippen molar-refractivity contribution < 1.29 is 14.5 Å². The second kappa shape index (κ2) is 5.19. The van der Waals surface area contributed by atoms with Crippen molar-refractivity contribution in [3.8, 4) is 0 Å². The number of hydrogen-bond donors (Lipinski definition) is 0. The van der Waals surface area contributed by atoms with E-state index in [1.165, 1.54) is 4.68 Å². The molecule has 1 aromatic rings. The van der Waals surface area contributed by atoms with Gasteiger partial charge in [0.2, 0.25) is 18.5 Å². The lowest BCUT2D eigenvalue weighted by Gasteiger charge is -2.10. The normalized spacial score (nSPS) is 11.3. The lowest BCUT2D eigenvalue weighted by atomic mass is 10.4. The van der Waals surface area contributed by atoms with Crippen molar-refractivity contribution >= 4 is 11.8 Å². The second-order valence-corrected chi connectivity index (χ2v) is 3.13. The van der Waals surface area contributed by atoms with Gasteiger partial charge in [0.15, 0.2) is 0 Å². The van der Waals surface area contributed by atoms with Crippen LogP contribution in [0, 0.1) is 0 Å². The van der Waals surface area contributed by atoms with Crippen molar-refractivity contribution in [2.75, 3.05) is 25.6 Å². The van der Waals surface area contributed by atoms with Gasteiger partial charge in [-0.3, -0.25) is 0 Å². The Hall–Kier alpha value is -1.78. The fraction of sp³-hybridized carbons (Fsp3) is 0.400. The van der Waals surface area contributed by atoms with E-state index in [0.29, 0.717) is 6.61 Å². The standard InChI is InChI=1S/C10H15N3O2/c1-4-15-10(14)11-13-7-5-9(6-8-13)12(2)3/h5-8H,4H2,1-3H3. The highest BCUT2D eigenvalue weighted by molar-refractivity contribution is 5.60. The molecule has 0 unspecified atom stereocenters. The minimum absolute atomic E-state index is 0.332. The largest absolute Gasteiger partial charge is 0.596 e. The van der Waals surface area contributed by atoms with Crippen molar-refractivity contribution in [3.63, 3.8) is 0 Å². The number of ether oxygens (including phenoxy) is 1.